The molecule has 0 aromatic heterocycles. The van der Waals surface area contributed by atoms with Gasteiger partial charge in [-0.25, -0.2) is 9.18 Å². The van der Waals surface area contributed by atoms with Crippen molar-refractivity contribution in [2.75, 3.05) is 0 Å². The van der Waals surface area contributed by atoms with Crippen LogP contribution in [-0.2, 0) is 0 Å². The number of carbonyl (C=O) groups excluding carboxylic acids is 1. The first-order chi connectivity index (χ1) is 11.6. The first kappa shape index (κ1) is 16.0. The summed E-state index contributed by atoms with van der Waals surface area (Å²) >= 11 is 5.86. The van der Waals surface area contributed by atoms with Crippen LogP contribution in [0, 0.1) is 5.82 Å². The zero-order chi connectivity index (χ0) is 16.9. The van der Waals surface area contributed by atoms with Crippen molar-refractivity contribution >= 4 is 17.6 Å². The number of esters is 1. The van der Waals surface area contributed by atoms with Crippen LogP contribution in [0.5, 0.6) is 17.2 Å². The predicted molar refractivity (Wildman–Crippen MR) is 89.3 cm³/mol. The number of para-hydroxylation sites is 1. The zero-order valence-electron chi connectivity index (χ0n) is 12.4. The third-order valence-electron chi connectivity index (χ3n) is 3.16. The normalized spacial score (nSPS) is 10.2. The lowest BCUT2D eigenvalue weighted by molar-refractivity contribution is 0.0730. The van der Waals surface area contributed by atoms with E-state index in [4.69, 9.17) is 21.1 Å². The van der Waals surface area contributed by atoms with Gasteiger partial charge in [0, 0.05) is 6.07 Å². The van der Waals surface area contributed by atoms with Gasteiger partial charge in [0.2, 0.25) is 0 Å². The van der Waals surface area contributed by atoms with E-state index < -0.39 is 11.8 Å². The van der Waals surface area contributed by atoms with E-state index in [2.05, 4.69) is 0 Å². The van der Waals surface area contributed by atoms with Crippen molar-refractivity contribution in [1.29, 1.82) is 0 Å². The van der Waals surface area contributed by atoms with Crippen molar-refractivity contribution in [3.05, 3.63) is 89.2 Å². The average Bonchev–Trinajstić information content (AvgIpc) is 2.56. The van der Waals surface area contributed by atoms with Gasteiger partial charge in [0.05, 0.1) is 5.02 Å². The molecule has 3 nitrogen and oxygen atoms in total. The molecule has 0 radical (unpaired) electrons. The van der Waals surface area contributed by atoms with Gasteiger partial charge in [-0.15, -0.1) is 0 Å². The van der Waals surface area contributed by atoms with Crippen molar-refractivity contribution in [3.8, 4) is 17.2 Å². The molecule has 0 bridgehead atoms. The summed E-state index contributed by atoms with van der Waals surface area (Å²) < 4.78 is 24.6. The predicted octanol–water partition coefficient (Wildman–Crippen LogP) is 5.49. The Balaban J connectivity index is 1.78. The van der Waals surface area contributed by atoms with E-state index in [1.54, 1.807) is 36.4 Å². The molecular formula is C19H12ClFO3. The van der Waals surface area contributed by atoms with Gasteiger partial charge in [-0.1, -0.05) is 41.9 Å². The first-order valence-electron chi connectivity index (χ1n) is 7.12. The fraction of sp³-hybridized carbons (Fsp3) is 0. The van der Waals surface area contributed by atoms with E-state index in [-0.39, 0.29) is 16.3 Å². The van der Waals surface area contributed by atoms with E-state index in [1.165, 1.54) is 12.1 Å². The van der Waals surface area contributed by atoms with Gasteiger partial charge in [-0.2, -0.15) is 0 Å². The minimum Gasteiger partial charge on any atom is -0.457 e. The first-order valence-corrected chi connectivity index (χ1v) is 7.50. The highest BCUT2D eigenvalue weighted by Gasteiger charge is 2.18. The number of carbonyl (C=O) groups is 1. The summed E-state index contributed by atoms with van der Waals surface area (Å²) in [6.45, 7) is 0. The molecule has 3 aromatic rings. The summed E-state index contributed by atoms with van der Waals surface area (Å²) in [6.07, 6.45) is 0. The minimum atomic E-state index is -0.866. The SMILES string of the molecule is O=C(Oc1cccc(Oc2ccccc2)c1)c1c(F)cccc1Cl. The van der Waals surface area contributed by atoms with Crippen LogP contribution in [0.25, 0.3) is 0 Å². The Labute approximate surface area is 143 Å². The molecule has 0 saturated heterocycles. The molecule has 0 aliphatic rings. The molecule has 24 heavy (non-hydrogen) atoms. The van der Waals surface area contributed by atoms with Crippen molar-refractivity contribution < 1.29 is 18.7 Å². The third-order valence-corrected chi connectivity index (χ3v) is 3.48. The lowest BCUT2D eigenvalue weighted by Gasteiger charge is -2.09. The Morgan fingerprint density at radius 1 is 0.833 bits per heavy atom. The van der Waals surface area contributed by atoms with E-state index >= 15 is 0 Å². The van der Waals surface area contributed by atoms with Crippen LogP contribution < -0.4 is 9.47 Å². The molecule has 0 atom stereocenters. The number of hydrogen-bond donors (Lipinski definition) is 0. The molecule has 0 saturated carbocycles. The monoisotopic (exact) mass is 342 g/mol. The summed E-state index contributed by atoms with van der Waals surface area (Å²) in [7, 11) is 0. The lowest BCUT2D eigenvalue weighted by atomic mass is 10.2. The van der Waals surface area contributed by atoms with Crippen molar-refractivity contribution in [2.45, 2.75) is 0 Å². The molecule has 0 heterocycles. The smallest absolute Gasteiger partial charge is 0.348 e. The van der Waals surface area contributed by atoms with Crippen molar-refractivity contribution in [1.82, 2.24) is 0 Å². The zero-order valence-corrected chi connectivity index (χ0v) is 13.2. The summed E-state index contributed by atoms with van der Waals surface area (Å²) in [5.74, 6) is -0.226. The van der Waals surface area contributed by atoms with Crippen LogP contribution in [-0.4, -0.2) is 5.97 Å². The minimum absolute atomic E-state index is 0.00306. The van der Waals surface area contributed by atoms with E-state index in [0.29, 0.717) is 11.5 Å². The summed E-state index contributed by atoms with van der Waals surface area (Å²) in [5, 5.41) is -0.00306. The number of rotatable bonds is 4. The van der Waals surface area contributed by atoms with E-state index in [1.807, 2.05) is 18.2 Å². The van der Waals surface area contributed by atoms with Gasteiger partial charge >= 0.3 is 5.97 Å². The molecule has 3 aromatic carbocycles. The topological polar surface area (TPSA) is 35.5 Å². The molecule has 120 valence electrons. The van der Waals surface area contributed by atoms with Gasteiger partial charge in [0.1, 0.15) is 28.6 Å². The number of hydrogen-bond acceptors (Lipinski definition) is 3. The van der Waals surface area contributed by atoms with Gasteiger partial charge in [0.25, 0.3) is 0 Å². The van der Waals surface area contributed by atoms with Crippen LogP contribution in [0.2, 0.25) is 5.02 Å². The summed E-state index contributed by atoms with van der Waals surface area (Å²) in [4.78, 5) is 12.1. The van der Waals surface area contributed by atoms with Crippen LogP contribution >= 0.6 is 11.6 Å². The summed E-state index contributed by atoms with van der Waals surface area (Å²) in [5.41, 5.74) is -0.298. The van der Waals surface area contributed by atoms with Gasteiger partial charge in [-0.05, 0) is 36.4 Å². The number of halogens is 2. The lowest BCUT2D eigenvalue weighted by Crippen LogP contribution is -2.11. The molecular weight excluding hydrogens is 331 g/mol. The van der Waals surface area contributed by atoms with Crippen LogP contribution in [0.1, 0.15) is 10.4 Å². The van der Waals surface area contributed by atoms with Gasteiger partial charge in [0.15, 0.2) is 0 Å². The quantitative estimate of drug-likeness (QED) is 0.464. The second kappa shape index (κ2) is 7.15. The van der Waals surface area contributed by atoms with Crippen LogP contribution in [0.3, 0.4) is 0 Å². The van der Waals surface area contributed by atoms with Crippen molar-refractivity contribution in [3.63, 3.8) is 0 Å². The second-order valence-corrected chi connectivity index (χ2v) is 5.28. The number of benzene rings is 3. The Morgan fingerprint density at radius 2 is 1.50 bits per heavy atom. The molecule has 0 aliphatic heterocycles. The maximum Gasteiger partial charge on any atom is 0.348 e. The molecule has 5 heteroatoms. The highest BCUT2D eigenvalue weighted by atomic mass is 35.5. The maximum absolute atomic E-state index is 13.8. The second-order valence-electron chi connectivity index (χ2n) is 4.88. The Morgan fingerprint density at radius 3 is 2.25 bits per heavy atom. The Hall–Kier alpha value is -2.85. The molecule has 0 amide bonds. The molecule has 0 aliphatic carbocycles. The highest BCUT2D eigenvalue weighted by Crippen LogP contribution is 2.26. The van der Waals surface area contributed by atoms with Crippen molar-refractivity contribution in [2.24, 2.45) is 0 Å². The average molecular weight is 343 g/mol. The Kier molecular flexibility index (Phi) is 4.77. The fourth-order valence-electron chi connectivity index (χ4n) is 2.08. The van der Waals surface area contributed by atoms with Crippen LogP contribution in [0.15, 0.2) is 72.8 Å². The van der Waals surface area contributed by atoms with E-state index in [9.17, 15) is 9.18 Å². The third kappa shape index (κ3) is 3.73. The summed E-state index contributed by atoms with van der Waals surface area (Å²) in [6, 6.07) is 19.7. The van der Waals surface area contributed by atoms with Crippen LogP contribution in [0.4, 0.5) is 4.39 Å². The van der Waals surface area contributed by atoms with E-state index in [0.717, 1.165) is 6.07 Å². The Bertz CT molecular complexity index is 845. The molecule has 0 N–H and O–H groups in total. The highest BCUT2D eigenvalue weighted by molar-refractivity contribution is 6.33. The molecule has 3 rings (SSSR count). The van der Waals surface area contributed by atoms with Gasteiger partial charge in [-0.3, -0.25) is 0 Å². The fourth-order valence-corrected chi connectivity index (χ4v) is 2.32. The molecule has 0 spiro atoms. The maximum atomic E-state index is 13.8. The molecule has 0 fully saturated rings. The molecule has 0 unspecified atom stereocenters. The standard InChI is InChI=1S/C19H12ClFO3/c20-16-10-5-11-17(21)18(16)19(22)24-15-9-4-8-14(12-15)23-13-6-2-1-3-7-13/h1-12H. The number of ether oxygens (including phenoxy) is 2. The van der Waals surface area contributed by atoms with Gasteiger partial charge < -0.3 is 9.47 Å². The largest absolute Gasteiger partial charge is 0.457 e.